The first-order chi connectivity index (χ1) is 11.6. The van der Waals surface area contributed by atoms with Crippen molar-refractivity contribution >= 4 is 0 Å². The average molecular weight is 314 g/mol. The molecule has 0 spiro atoms. The van der Waals surface area contributed by atoms with Crippen LogP contribution in [0.25, 0.3) is 0 Å². The normalized spacial score (nSPS) is 10.8. The van der Waals surface area contributed by atoms with Crippen LogP contribution in [0.15, 0.2) is 60.7 Å². The molecular weight excluding hydrogens is 288 g/mol. The highest BCUT2D eigenvalue weighted by Gasteiger charge is 2.15. The molecule has 3 aromatic rings. The lowest BCUT2D eigenvalue weighted by atomic mass is 9.84. The molecule has 0 radical (unpaired) electrons. The van der Waals surface area contributed by atoms with E-state index in [1.54, 1.807) is 0 Å². The van der Waals surface area contributed by atoms with Crippen LogP contribution in [0, 0.1) is 27.7 Å². The average Bonchev–Trinajstić information content (AvgIpc) is 2.62. The molecule has 0 saturated carbocycles. The van der Waals surface area contributed by atoms with Gasteiger partial charge in [-0.25, -0.2) is 0 Å². The Bertz CT molecular complexity index is 758. The maximum absolute atomic E-state index is 2.30. The van der Waals surface area contributed by atoms with E-state index < -0.39 is 0 Å². The van der Waals surface area contributed by atoms with Gasteiger partial charge in [0.1, 0.15) is 0 Å². The molecule has 0 nitrogen and oxygen atoms in total. The van der Waals surface area contributed by atoms with E-state index in [1.165, 1.54) is 44.5 Å². The van der Waals surface area contributed by atoms with E-state index in [0.29, 0.717) is 0 Å². The van der Waals surface area contributed by atoms with Crippen LogP contribution in [0.5, 0.6) is 0 Å². The maximum Gasteiger partial charge on any atom is -0.00203 e. The van der Waals surface area contributed by atoms with Crippen LogP contribution in [0.1, 0.15) is 44.5 Å². The lowest BCUT2D eigenvalue weighted by Crippen LogP contribution is -2.07. The maximum atomic E-state index is 2.30. The van der Waals surface area contributed by atoms with Crippen LogP contribution in [-0.4, -0.2) is 0 Å². The molecule has 0 aliphatic rings. The predicted octanol–water partition coefficient (Wildman–Crippen LogP) is 6.10. The van der Waals surface area contributed by atoms with Crippen LogP contribution in [0.2, 0.25) is 0 Å². The lowest BCUT2D eigenvalue weighted by molar-refractivity contribution is 1.03. The molecule has 0 heterocycles. The Morgan fingerprint density at radius 1 is 0.458 bits per heavy atom. The van der Waals surface area contributed by atoms with E-state index in [0.717, 1.165) is 12.8 Å². The molecule has 0 fully saturated rings. The molecule has 0 atom stereocenters. The van der Waals surface area contributed by atoms with Gasteiger partial charge in [-0.05, 0) is 85.0 Å². The van der Waals surface area contributed by atoms with Crippen molar-refractivity contribution in [2.45, 2.75) is 40.5 Å². The Hall–Kier alpha value is -2.34. The molecule has 0 aliphatic heterocycles. The Morgan fingerprint density at radius 3 is 1.21 bits per heavy atom. The van der Waals surface area contributed by atoms with Crippen LogP contribution >= 0.6 is 0 Å². The summed E-state index contributed by atoms with van der Waals surface area (Å²) in [5, 5.41) is 0. The molecule has 0 unspecified atom stereocenters. The van der Waals surface area contributed by atoms with Crippen LogP contribution in [0.4, 0.5) is 0 Å². The summed E-state index contributed by atoms with van der Waals surface area (Å²) in [6.45, 7) is 9.13. The Kier molecular flexibility index (Phi) is 4.85. The van der Waals surface area contributed by atoms with E-state index >= 15 is 0 Å². The fourth-order valence-corrected chi connectivity index (χ4v) is 3.61. The largest absolute Gasteiger partial charge is 0.0622 e. The van der Waals surface area contributed by atoms with Crippen molar-refractivity contribution < 1.29 is 0 Å². The monoisotopic (exact) mass is 314 g/mol. The molecule has 0 N–H and O–H groups in total. The van der Waals surface area contributed by atoms with Crippen molar-refractivity contribution in [2.75, 3.05) is 0 Å². The van der Waals surface area contributed by atoms with Gasteiger partial charge in [0.2, 0.25) is 0 Å². The van der Waals surface area contributed by atoms with E-state index in [4.69, 9.17) is 0 Å². The predicted molar refractivity (Wildman–Crippen MR) is 104 cm³/mol. The molecule has 24 heavy (non-hydrogen) atoms. The first-order valence-electron chi connectivity index (χ1n) is 8.74. The van der Waals surface area contributed by atoms with Crippen molar-refractivity contribution in [3.63, 3.8) is 0 Å². The molecule has 0 amide bonds. The topological polar surface area (TPSA) is 0 Å². The van der Waals surface area contributed by atoms with Gasteiger partial charge >= 0.3 is 0 Å². The van der Waals surface area contributed by atoms with Gasteiger partial charge in [-0.3, -0.25) is 0 Å². The fraction of sp³-hybridized carbons (Fsp3) is 0.250. The Labute approximate surface area is 146 Å². The van der Waals surface area contributed by atoms with Crippen molar-refractivity contribution in [3.05, 3.63) is 105 Å². The Balaban J connectivity index is 2.06. The zero-order valence-corrected chi connectivity index (χ0v) is 15.2. The van der Waals surface area contributed by atoms with E-state index in [2.05, 4.69) is 88.4 Å². The summed E-state index contributed by atoms with van der Waals surface area (Å²) >= 11 is 0. The SMILES string of the molecule is Cc1c(C)c(Cc2ccccc2)c(C)c(Cc2ccccc2)c1C. The second-order valence-electron chi connectivity index (χ2n) is 6.78. The summed E-state index contributed by atoms with van der Waals surface area (Å²) < 4.78 is 0. The van der Waals surface area contributed by atoms with Gasteiger partial charge in [0, 0.05) is 0 Å². The third-order valence-electron chi connectivity index (χ3n) is 5.38. The lowest BCUT2D eigenvalue weighted by Gasteiger charge is -2.21. The van der Waals surface area contributed by atoms with Crippen LogP contribution in [0.3, 0.4) is 0 Å². The van der Waals surface area contributed by atoms with Crippen molar-refractivity contribution in [1.29, 1.82) is 0 Å². The minimum absolute atomic E-state index is 1.02. The Morgan fingerprint density at radius 2 is 0.833 bits per heavy atom. The molecule has 0 bridgehead atoms. The number of hydrogen-bond acceptors (Lipinski definition) is 0. The van der Waals surface area contributed by atoms with Gasteiger partial charge in [-0.1, -0.05) is 60.7 Å². The van der Waals surface area contributed by atoms with Gasteiger partial charge in [0.15, 0.2) is 0 Å². The van der Waals surface area contributed by atoms with Gasteiger partial charge in [-0.15, -0.1) is 0 Å². The first kappa shape index (κ1) is 16.5. The smallest absolute Gasteiger partial charge is 0.00203 e. The first-order valence-corrected chi connectivity index (χ1v) is 8.74. The molecule has 0 aliphatic carbocycles. The number of benzene rings is 3. The summed E-state index contributed by atoms with van der Waals surface area (Å²) in [7, 11) is 0. The van der Waals surface area contributed by atoms with Gasteiger partial charge < -0.3 is 0 Å². The van der Waals surface area contributed by atoms with Gasteiger partial charge in [0.25, 0.3) is 0 Å². The van der Waals surface area contributed by atoms with Crippen molar-refractivity contribution in [3.8, 4) is 0 Å². The molecule has 122 valence electrons. The molecular formula is C24H26. The summed E-state index contributed by atoms with van der Waals surface area (Å²) in [6.07, 6.45) is 2.03. The van der Waals surface area contributed by atoms with Crippen LogP contribution in [-0.2, 0) is 12.8 Å². The molecule has 0 heteroatoms. The third-order valence-corrected chi connectivity index (χ3v) is 5.38. The standard InChI is InChI=1S/C24H26/c1-17-18(2)23(15-21-11-7-5-8-12-21)20(4)24(19(17)3)16-22-13-9-6-10-14-22/h5-14H,15-16H2,1-4H3. The van der Waals surface area contributed by atoms with Crippen molar-refractivity contribution in [1.82, 2.24) is 0 Å². The van der Waals surface area contributed by atoms with E-state index in [1.807, 2.05) is 0 Å². The van der Waals surface area contributed by atoms with Crippen LogP contribution < -0.4 is 0 Å². The molecule has 0 aromatic heterocycles. The quantitative estimate of drug-likeness (QED) is 0.545. The number of hydrogen-bond donors (Lipinski definition) is 0. The van der Waals surface area contributed by atoms with Gasteiger partial charge in [0.05, 0.1) is 0 Å². The third kappa shape index (κ3) is 3.28. The highest BCUT2D eigenvalue weighted by Crippen LogP contribution is 2.30. The summed E-state index contributed by atoms with van der Waals surface area (Å²) in [4.78, 5) is 0. The van der Waals surface area contributed by atoms with Gasteiger partial charge in [-0.2, -0.15) is 0 Å². The van der Waals surface area contributed by atoms with E-state index in [9.17, 15) is 0 Å². The summed E-state index contributed by atoms with van der Waals surface area (Å²) in [6, 6.07) is 21.6. The van der Waals surface area contributed by atoms with Crippen molar-refractivity contribution in [2.24, 2.45) is 0 Å². The zero-order valence-electron chi connectivity index (χ0n) is 15.2. The minimum Gasteiger partial charge on any atom is -0.0622 e. The highest BCUT2D eigenvalue weighted by atomic mass is 14.2. The summed E-state index contributed by atoms with van der Waals surface area (Å²) in [5.41, 5.74) is 11.6. The summed E-state index contributed by atoms with van der Waals surface area (Å²) in [5.74, 6) is 0. The second-order valence-corrected chi connectivity index (χ2v) is 6.78. The second kappa shape index (κ2) is 7.05. The molecule has 0 saturated heterocycles. The van der Waals surface area contributed by atoms with E-state index in [-0.39, 0.29) is 0 Å². The zero-order chi connectivity index (χ0) is 17.1. The highest BCUT2D eigenvalue weighted by molar-refractivity contribution is 5.52. The number of rotatable bonds is 4. The minimum atomic E-state index is 1.02. The molecule has 3 rings (SSSR count). The molecule has 3 aromatic carbocycles. The fourth-order valence-electron chi connectivity index (χ4n) is 3.61.